The second kappa shape index (κ2) is 38.1. The Hall–Kier alpha value is -7.88. The zero-order chi connectivity index (χ0) is 71.6. The fraction of sp³-hybridized carbons (Fsp3) is 0.408. The Labute approximate surface area is 580 Å². The fourth-order valence-corrected chi connectivity index (χ4v) is 12.8. The van der Waals surface area contributed by atoms with Gasteiger partial charge in [0.1, 0.15) is 40.2 Å². The van der Waals surface area contributed by atoms with Crippen molar-refractivity contribution < 1.29 is 69.9 Å². The molecule has 4 heterocycles. The van der Waals surface area contributed by atoms with E-state index in [0.717, 1.165) is 32.1 Å². The third-order valence-corrected chi connectivity index (χ3v) is 19.5. The smallest absolute Gasteiger partial charge is 0.264 e. The summed E-state index contributed by atoms with van der Waals surface area (Å²) in [7, 11) is -16.0. The maximum absolute atomic E-state index is 13.6. The molecule has 7 rings (SSSR count). The average Bonchev–Trinajstić information content (AvgIpc) is 1.43. The van der Waals surface area contributed by atoms with E-state index in [1.807, 2.05) is 13.8 Å². The van der Waals surface area contributed by atoms with Crippen molar-refractivity contribution in [2.45, 2.75) is 90.9 Å². The Bertz CT molecular complexity index is 4210. The normalized spacial score (nSPS) is 15.6. The Morgan fingerprint density at radius 1 is 0.535 bits per heavy atom. The quantitative estimate of drug-likeness (QED) is 0.0117. The SMILES string of the molecule is CCCCC(=O)COc1ccc(C#Cc2cc(CN3CCN(Cc4cc(C#Cc5ccc(OCC(=O)NCCC)cc5)cc(P(C)(=O)O)n4)C[C@@H](CCCCN)N(Cc4cc(C#Cc5ccc(OCC(=O)NCCCS(=O)(=O)O)cc5)cc(P(C)(=O)O)n4)CC3)nc(P(C)(=O)O)c2)cc1. The van der Waals surface area contributed by atoms with Gasteiger partial charge < -0.3 is 45.3 Å². The van der Waals surface area contributed by atoms with Crippen LogP contribution >= 0.6 is 22.1 Å². The number of rotatable bonds is 31. The summed E-state index contributed by atoms with van der Waals surface area (Å²) in [5.41, 5.74) is 10.6. The molecule has 3 unspecified atom stereocenters. The maximum Gasteiger partial charge on any atom is 0.264 e. The average molecular weight is 1430 g/mol. The molecule has 3 aromatic heterocycles. The number of Topliss-reactive ketones (excluding diaryl/α,β-unsaturated/α-hetero) is 1. The predicted octanol–water partition coefficient (Wildman–Crippen LogP) is 5.78. The van der Waals surface area contributed by atoms with Gasteiger partial charge in [0.05, 0.1) is 22.8 Å². The molecule has 3 aromatic carbocycles. The van der Waals surface area contributed by atoms with Crippen molar-refractivity contribution in [1.29, 1.82) is 0 Å². The van der Waals surface area contributed by atoms with E-state index in [1.165, 1.54) is 38.2 Å². The molecule has 4 atom stereocenters. The van der Waals surface area contributed by atoms with Crippen molar-refractivity contribution in [3.05, 3.63) is 160 Å². The van der Waals surface area contributed by atoms with Gasteiger partial charge >= 0.3 is 0 Å². The molecular weight excluding hydrogens is 1340 g/mol. The lowest BCUT2D eigenvalue weighted by molar-refractivity contribution is -0.123. The van der Waals surface area contributed by atoms with Gasteiger partial charge in [-0.2, -0.15) is 8.42 Å². The van der Waals surface area contributed by atoms with E-state index in [9.17, 15) is 51.2 Å². The van der Waals surface area contributed by atoms with Crippen molar-refractivity contribution in [2.75, 3.05) is 97.9 Å². The zero-order valence-electron chi connectivity index (χ0n) is 56.5. The lowest BCUT2D eigenvalue weighted by Crippen LogP contribution is -2.44. The van der Waals surface area contributed by atoms with Crippen molar-refractivity contribution in [1.82, 2.24) is 40.3 Å². The first-order valence-electron chi connectivity index (χ1n) is 32.7. The van der Waals surface area contributed by atoms with Crippen molar-refractivity contribution in [3.8, 4) is 52.8 Å². The molecule has 0 bridgehead atoms. The molecule has 0 radical (unpaired) electrons. The Morgan fingerprint density at radius 3 is 1.36 bits per heavy atom. The highest BCUT2D eigenvalue weighted by atomic mass is 32.2. The second-order valence-corrected chi connectivity index (χ2v) is 32.6. The van der Waals surface area contributed by atoms with Crippen LogP contribution in [0.5, 0.6) is 17.2 Å². The Kier molecular flexibility index (Phi) is 30.2. The summed E-state index contributed by atoms with van der Waals surface area (Å²) in [6.07, 6.45) is 5.11. The first kappa shape index (κ1) is 78.5. The van der Waals surface area contributed by atoms with Crippen LogP contribution in [0.1, 0.15) is 116 Å². The van der Waals surface area contributed by atoms with Crippen LogP contribution in [0.25, 0.3) is 0 Å². The summed E-state index contributed by atoms with van der Waals surface area (Å²) in [6, 6.07) is 30.2. The largest absolute Gasteiger partial charge is 0.486 e. The lowest BCUT2D eigenvalue weighted by atomic mass is 10.1. The van der Waals surface area contributed by atoms with Gasteiger partial charge in [0, 0.05) is 131 Å². The molecule has 1 aliphatic heterocycles. The zero-order valence-corrected chi connectivity index (χ0v) is 60.0. The number of carbonyl (C=O) groups is 3. The summed E-state index contributed by atoms with van der Waals surface area (Å²) in [5.74, 6) is 19.1. The van der Waals surface area contributed by atoms with Gasteiger partial charge in [-0.15, -0.1) is 0 Å². The molecule has 1 aliphatic rings. The van der Waals surface area contributed by atoms with Crippen LogP contribution < -0.4 is 46.9 Å². The number of amides is 2. The molecule has 99 heavy (non-hydrogen) atoms. The van der Waals surface area contributed by atoms with E-state index < -0.39 is 43.9 Å². The minimum atomic E-state index is -4.15. The molecular formula is C71H88N9O15P3S. The minimum absolute atomic E-state index is 0.0180. The van der Waals surface area contributed by atoms with Gasteiger partial charge in [0.25, 0.3) is 21.9 Å². The first-order chi connectivity index (χ1) is 47.1. The van der Waals surface area contributed by atoms with E-state index in [0.29, 0.717) is 126 Å². The van der Waals surface area contributed by atoms with Crippen LogP contribution in [0.15, 0.2) is 109 Å². The highest BCUT2D eigenvalue weighted by Gasteiger charge is 2.29. The number of unbranched alkanes of at least 4 members (excludes halogenated alkanes) is 2. The Morgan fingerprint density at radius 2 is 0.939 bits per heavy atom. The number of nitrogens with one attached hydrogen (secondary N) is 2. The van der Waals surface area contributed by atoms with E-state index in [-0.39, 0.29) is 86.5 Å². The van der Waals surface area contributed by atoms with E-state index in [1.54, 1.807) is 91.0 Å². The molecule has 1 fully saturated rings. The molecule has 2 amide bonds. The van der Waals surface area contributed by atoms with Crippen LogP contribution in [-0.4, -0.2) is 179 Å². The molecule has 528 valence electrons. The number of aromatic nitrogens is 3. The molecule has 1 saturated heterocycles. The van der Waals surface area contributed by atoms with E-state index in [4.69, 9.17) is 39.4 Å². The predicted molar refractivity (Wildman–Crippen MR) is 382 cm³/mol. The van der Waals surface area contributed by atoms with Crippen molar-refractivity contribution >= 4 is 66.1 Å². The highest BCUT2D eigenvalue weighted by molar-refractivity contribution is 7.85. The van der Waals surface area contributed by atoms with Crippen LogP contribution in [0, 0.1) is 35.5 Å². The molecule has 6 aromatic rings. The van der Waals surface area contributed by atoms with Crippen LogP contribution in [0.3, 0.4) is 0 Å². The summed E-state index contributed by atoms with van der Waals surface area (Å²) in [5, 5.41) is 5.31. The van der Waals surface area contributed by atoms with Crippen LogP contribution in [0.2, 0.25) is 0 Å². The van der Waals surface area contributed by atoms with Crippen molar-refractivity contribution in [2.24, 2.45) is 5.73 Å². The first-order valence-corrected chi connectivity index (χ1v) is 40.6. The van der Waals surface area contributed by atoms with Gasteiger partial charge in [-0.1, -0.05) is 62.2 Å². The lowest BCUT2D eigenvalue weighted by Gasteiger charge is -2.35. The van der Waals surface area contributed by atoms with Crippen molar-refractivity contribution in [3.63, 3.8) is 0 Å². The number of hydrogen-bond acceptors (Lipinski definition) is 18. The summed E-state index contributed by atoms with van der Waals surface area (Å²) >= 11 is 0. The number of hydrogen-bond donors (Lipinski definition) is 7. The number of ether oxygens (including phenoxy) is 3. The number of ketones is 1. The molecule has 0 spiro atoms. The molecule has 28 heteroatoms. The van der Waals surface area contributed by atoms with Gasteiger partial charge in [0.2, 0.25) is 22.1 Å². The minimum Gasteiger partial charge on any atom is -0.486 e. The van der Waals surface area contributed by atoms with E-state index in [2.05, 4.69) is 60.9 Å². The van der Waals surface area contributed by atoms with Crippen LogP contribution in [0.4, 0.5) is 0 Å². The highest BCUT2D eigenvalue weighted by Crippen LogP contribution is 2.36. The Balaban J connectivity index is 1.22. The van der Waals surface area contributed by atoms with Gasteiger partial charge in [-0.05, 0) is 148 Å². The number of nitrogens with two attached hydrogens (primary N) is 1. The molecule has 0 saturated carbocycles. The number of benzene rings is 3. The number of carbonyl (C=O) groups excluding carboxylic acids is 3. The number of pyridine rings is 3. The van der Waals surface area contributed by atoms with Gasteiger partial charge in [0.15, 0.2) is 19.0 Å². The fourth-order valence-electron chi connectivity index (χ4n) is 10.2. The molecule has 8 N–H and O–H groups in total. The topological polar surface area (TPSA) is 344 Å². The third kappa shape index (κ3) is 28.3. The summed E-state index contributed by atoms with van der Waals surface area (Å²) in [4.78, 5) is 90.9. The molecule has 0 aliphatic carbocycles. The monoisotopic (exact) mass is 1430 g/mol. The van der Waals surface area contributed by atoms with Crippen LogP contribution in [-0.2, 0) is 57.8 Å². The maximum atomic E-state index is 13.6. The second-order valence-electron chi connectivity index (χ2n) is 24.3. The summed E-state index contributed by atoms with van der Waals surface area (Å²) < 4.78 is 88.5. The van der Waals surface area contributed by atoms with E-state index >= 15 is 0 Å². The third-order valence-electron chi connectivity index (χ3n) is 15.5. The van der Waals surface area contributed by atoms with Gasteiger partial charge in [-0.25, -0.2) is 15.0 Å². The van der Waals surface area contributed by atoms with Gasteiger partial charge in [-0.3, -0.25) is 47.3 Å². The number of nitrogens with zero attached hydrogens (tertiary/aromatic N) is 6. The molecule has 24 nitrogen and oxygen atoms in total. The summed E-state index contributed by atoms with van der Waals surface area (Å²) in [6.45, 7) is 11.0. The standard InChI is InChI=1S/C71H88N9O15P3S/c1-6-8-13-63(81)50-93-64-26-20-53(21-27-64)14-17-56-40-59(75-69(43-56)96(3,84)85)46-78-35-36-79(47-60-41-57(44-70(76-60)97(4,86)87)18-15-54-22-28-65(29-23-54)94-51-67(82)73-33-7-2)49-62(12-9-10-32-72)80(38-37-78)48-61-42-58(45-71(77-61)98(5,88)89)19-16-55-24-30-66(31-25-55)95-52-68(83)74-34-11-39-99(90,91)92/h20-31,40-45,62H,6-13,32-39,46-52,72H2,1-5H3,(H,73,82)(H,74,83)(H,84,85)(H,86,87)(H,88,89)(H,90,91,92)/t62-/m1/s1.